The standard InChI is InChI=1S/C19H18ClNO3/c1-11-4-6-13(9-15(11)20)21-18(23)12-5-7-17-14(8-12)16(22)10-19(2,3)24-17/h4-9H,10H2,1-3H3,(H,21,23). The first-order chi connectivity index (χ1) is 11.2. The first-order valence-electron chi connectivity index (χ1n) is 7.69. The van der Waals surface area contributed by atoms with Crippen LogP contribution in [0.15, 0.2) is 36.4 Å². The molecule has 24 heavy (non-hydrogen) atoms. The highest BCUT2D eigenvalue weighted by molar-refractivity contribution is 6.31. The van der Waals surface area contributed by atoms with E-state index in [-0.39, 0.29) is 11.7 Å². The highest BCUT2D eigenvalue weighted by Crippen LogP contribution is 2.33. The van der Waals surface area contributed by atoms with Crippen molar-refractivity contribution in [3.05, 3.63) is 58.1 Å². The SMILES string of the molecule is Cc1ccc(NC(=O)c2ccc3c(c2)C(=O)CC(C)(C)O3)cc1Cl. The maximum atomic E-state index is 12.4. The molecular formula is C19H18ClNO3. The molecule has 0 radical (unpaired) electrons. The number of rotatable bonds is 2. The monoisotopic (exact) mass is 343 g/mol. The van der Waals surface area contributed by atoms with Gasteiger partial charge in [0.05, 0.1) is 12.0 Å². The zero-order valence-electron chi connectivity index (χ0n) is 13.8. The number of halogens is 1. The van der Waals surface area contributed by atoms with Crippen LogP contribution in [0.5, 0.6) is 5.75 Å². The van der Waals surface area contributed by atoms with Crippen molar-refractivity contribution in [2.75, 3.05) is 5.32 Å². The third-order valence-corrected chi connectivity index (χ3v) is 4.35. The smallest absolute Gasteiger partial charge is 0.255 e. The Morgan fingerprint density at radius 3 is 2.67 bits per heavy atom. The van der Waals surface area contributed by atoms with E-state index in [9.17, 15) is 9.59 Å². The number of ether oxygens (including phenoxy) is 1. The molecule has 4 nitrogen and oxygen atoms in total. The van der Waals surface area contributed by atoms with Crippen LogP contribution in [0.1, 0.15) is 46.5 Å². The Bertz CT molecular complexity index is 843. The van der Waals surface area contributed by atoms with Crippen LogP contribution < -0.4 is 10.1 Å². The van der Waals surface area contributed by atoms with Gasteiger partial charge in [0.2, 0.25) is 0 Å². The molecule has 0 fully saturated rings. The minimum Gasteiger partial charge on any atom is -0.487 e. The fraction of sp³-hybridized carbons (Fsp3) is 0.263. The molecule has 0 spiro atoms. The summed E-state index contributed by atoms with van der Waals surface area (Å²) in [5.74, 6) is 0.204. The predicted molar refractivity (Wildman–Crippen MR) is 94.2 cm³/mol. The fourth-order valence-electron chi connectivity index (χ4n) is 2.67. The number of amides is 1. The van der Waals surface area contributed by atoms with Crippen LogP contribution in [-0.4, -0.2) is 17.3 Å². The van der Waals surface area contributed by atoms with E-state index >= 15 is 0 Å². The number of Topliss-reactive ketones (excluding diaryl/α,β-unsaturated/α-hetero) is 1. The first-order valence-corrected chi connectivity index (χ1v) is 8.07. The van der Waals surface area contributed by atoms with Gasteiger partial charge >= 0.3 is 0 Å². The Balaban J connectivity index is 1.85. The normalized spacial score (nSPS) is 15.4. The Morgan fingerprint density at radius 1 is 1.21 bits per heavy atom. The quantitative estimate of drug-likeness (QED) is 0.863. The maximum absolute atomic E-state index is 12.4. The molecule has 3 rings (SSSR count). The van der Waals surface area contributed by atoms with Gasteiger partial charge in [-0.2, -0.15) is 0 Å². The summed E-state index contributed by atoms with van der Waals surface area (Å²) in [6, 6.07) is 10.2. The lowest BCUT2D eigenvalue weighted by molar-refractivity contribution is 0.0620. The van der Waals surface area contributed by atoms with Crippen LogP contribution >= 0.6 is 11.6 Å². The second-order valence-corrected chi connectivity index (χ2v) is 7.00. The second-order valence-electron chi connectivity index (χ2n) is 6.59. The average molecular weight is 344 g/mol. The summed E-state index contributed by atoms with van der Waals surface area (Å²) in [6.07, 6.45) is 0.290. The number of ketones is 1. The van der Waals surface area contributed by atoms with Gasteiger partial charge in [0, 0.05) is 16.3 Å². The summed E-state index contributed by atoms with van der Waals surface area (Å²) in [5.41, 5.74) is 1.88. The van der Waals surface area contributed by atoms with Crippen LogP contribution in [0.2, 0.25) is 5.02 Å². The summed E-state index contributed by atoms with van der Waals surface area (Å²) in [6.45, 7) is 5.63. The molecule has 0 atom stereocenters. The Morgan fingerprint density at radius 2 is 1.96 bits per heavy atom. The minimum absolute atomic E-state index is 0.0192. The van der Waals surface area contributed by atoms with E-state index in [1.807, 2.05) is 26.8 Å². The van der Waals surface area contributed by atoms with Gasteiger partial charge in [-0.05, 0) is 56.7 Å². The second kappa shape index (κ2) is 5.95. The highest BCUT2D eigenvalue weighted by Gasteiger charge is 2.32. The van der Waals surface area contributed by atoms with Gasteiger partial charge in [-0.25, -0.2) is 0 Å². The van der Waals surface area contributed by atoms with Crippen molar-refractivity contribution in [1.82, 2.24) is 0 Å². The third-order valence-electron chi connectivity index (χ3n) is 3.94. The molecule has 124 valence electrons. The van der Waals surface area contributed by atoms with Crippen LogP contribution in [0.4, 0.5) is 5.69 Å². The number of anilines is 1. The molecule has 2 aromatic carbocycles. The van der Waals surface area contributed by atoms with E-state index in [1.54, 1.807) is 30.3 Å². The number of aryl methyl sites for hydroxylation is 1. The molecule has 0 aromatic heterocycles. The van der Waals surface area contributed by atoms with E-state index in [0.29, 0.717) is 34.0 Å². The van der Waals surface area contributed by atoms with Gasteiger partial charge in [0.15, 0.2) is 5.78 Å². The van der Waals surface area contributed by atoms with Crippen molar-refractivity contribution in [3.8, 4) is 5.75 Å². The van der Waals surface area contributed by atoms with E-state index in [1.165, 1.54) is 0 Å². The summed E-state index contributed by atoms with van der Waals surface area (Å²) < 4.78 is 5.80. The van der Waals surface area contributed by atoms with Crippen LogP contribution in [0.3, 0.4) is 0 Å². The lowest BCUT2D eigenvalue weighted by atomic mass is 9.92. The molecule has 1 N–H and O–H groups in total. The lowest BCUT2D eigenvalue weighted by Gasteiger charge is -2.31. The number of hydrogen-bond donors (Lipinski definition) is 1. The Kier molecular flexibility index (Phi) is 4.10. The zero-order chi connectivity index (χ0) is 17.5. The Labute approximate surface area is 145 Å². The molecule has 1 aliphatic heterocycles. The largest absolute Gasteiger partial charge is 0.487 e. The van der Waals surface area contributed by atoms with Gasteiger partial charge in [-0.1, -0.05) is 17.7 Å². The molecule has 1 heterocycles. The Hall–Kier alpha value is -2.33. The van der Waals surface area contributed by atoms with Crippen LogP contribution in [0.25, 0.3) is 0 Å². The summed E-state index contributed by atoms with van der Waals surface area (Å²) in [7, 11) is 0. The summed E-state index contributed by atoms with van der Waals surface area (Å²) in [4.78, 5) is 24.7. The minimum atomic E-state index is -0.521. The van der Waals surface area contributed by atoms with Crippen molar-refractivity contribution in [2.45, 2.75) is 32.8 Å². The van der Waals surface area contributed by atoms with Crippen LogP contribution in [0, 0.1) is 6.92 Å². The van der Waals surface area contributed by atoms with Gasteiger partial charge < -0.3 is 10.1 Å². The summed E-state index contributed by atoms with van der Waals surface area (Å²) >= 11 is 6.07. The topological polar surface area (TPSA) is 55.4 Å². The number of carbonyl (C=O) groups is 2. The maximum Gasteiger partial charge on any atom is 0.255 e. The first kappa shape index (κ1) is 16.5. The number of fused-ring (bicyclic) bond motifs is 1. The molecule has 2 aromatic rings. The average Bonchev–Trinajstić information content (AvgIpc) is 2.49. The molecular weight excluding hydrogens is 326 g/mol. The number of benzene rings is 2. The molecule has 0 saturated carbocycles. The lowest BCUT2D eigenvalue weighted by Crippen LogP contribution is -2.36. The van der Waals surface area contributed by atoms with Gasteiger partial charge in [-0.3, -0.25) is 9.59 Å². The summed E-state index contributed by atoms with van der Waals surface area (Å²) in [5, 5.41) is 3.38. The molecule has 1 aliphatic rings. The predicted octanol–water partition coefficient (Wildman–Crippen LogP) is 4.64. The molecule has 0 bridgehead atoms. The van der Waals surface area contributed by atoms with Crippen LogP contribution in [-0.2, 0) is 0 Å². The number of nitrogens with one attached hydrogen (secondary N) is 1. The van der Waals surface area contributed by atoms with Crippen molar-refractivity contribution in [3.63, 3.8) is 0 Å². The van der Waals surface area contributed by atoms with Crippen molar-refractivity contribution in [1.29, 1.82) is 0 Å². The molecule has 0 aliphatic carbocycles. The van der Waals surface area contributed by atoms with E-state index in [0.717, 1.165) is 5.56 Å². The highest BCUT2D eigenvalue weighted by atomic mass is 35.5. The van der Waals surface area contributed by atoms with Gasteiger partial charge in [0.25, 0.3) is 5.91 Å². The van der Waals surface area contributed by atoms with Crippen molar-refractivity contribution in [2.24, 2.45) is 0 Å². The number of carbonyl (C=O) groups excluding carboxylic acids is 2. The molecule has 0 unspecified atom stereocenters. The third kappa shape index (κ3) is 3.29. The van der Waals surface area contributed by atoms with Gasteiger partial charge in [-0.15, -0.1) is 0 Å². The zero-order valence-corrected chi connectivity index (χ0v) is 14.5. The fourth-order valence-corrected chi connectivity index (χ4v) is 2.85. The van der Waals surface area contributed by atoms with E-state index in [4.69, 9.17) is 16.3 Å². The molecule has 0 saturated heterocycles. The molecule has 5 heteroatoms. The number of hydrogen-bond acceptors (Lipinski definition) is 3. The van der Waals surface area contributed by atoms with E-state index < -0.39 is 5.60 Å². The van der Waals surface area contributed by atoms with Crippen molar-refractivity contribution < 1.29 is 14.3 Å². The molecule has 1 amide bonds. The van der Waals surface area contributed by atoms with E-state index in [2.05, 4.69) is 5.32 Å². The van der Waals surface area contributed by atoms with Crippen molar-refractivity contribution >= 4 is 29.0 Å². The van der Waals surface area contributed by atoms with Gasteiger partial charge in [0.1, 0.15) is 11.4 Å².